The lowest BCUT2D eigenvalue weighted by Crippen LogP contribution is -1.91. The van der Waals surface area contributed by atoms with Gasteiger partial charge in [-0.3, -0.25) is 0 Å². The average molecular weight is 262 g/mol. The Kier molecular flexibility index (Phi) is 4.82. The largest absolute Gasteiger partial charge is 0.127 e. The van der Waals surface area contributed by atoms with Crippen molar-refractivity contribution in [2.75, 3.05) is 5.88 Å². The maximum atomic E-state index is 5.65. The monoisotopic (exact) mass is 260 g/mol. The second-order valence-corrected chi connectivity index (χ2v) is 4.13. The minimum absolute atomic E-state index is 0.750. The molecule has 1 aromatic rings. The molecule has 1 rings (SSSR count). The van der Waals surface area contributed by atoms with Gasteiger partial charge in [0.25, 0.3) is 0 Å². The zero-order chi connectivity index (χ0) is 9.68. The van der Waals surface area contributed by atoms with E-state index >= 15 is 0 Å². The Morgan fingerprint density at radius 3 is 2.69 bits per heavy atom. The molecule has 0 saturated carbocycles. The van der Waals surface area contributed by atoms with Crippen LogP contribution in [0.15, 0.2) is 18.2 Å². The molecular formula is C11H14BrCl. The summed E-state index contributed by atoms with van der Waals surface area (Å²) in [5.41, 5.74) is 4.14. The second-order valence-electron chi connectivity index (χ2n) is 3.19. The Hall–Kier alpha value is -0.0100. The molecule has 0 bridgehead atoms. The highest BCUT2D eigenvalue weighted by Crippen LogP contribution is 2.15. The van der Waals surface area contributed by atoms with Crippen molar-refractivity contribution in [2.45, 2.75) is 25.1 Å². The Morgan fingerprint density at radius 1 is 1.38 bits per heavy atom. The highest BCUT2D eigenvalue weighted by atomic mass is 79.9. The highest BCUT2D eigenvalue weighted by Gasteiger charge is 1.98. The average Bonchev–Trinajstić information content (AvgIpc) is 2.16. The van der Waals surface area contributed by atoms with E-state index < -0.39 is 0 Å². The zero-order valence-corrected chi connectivity index (χ0v) is 10.2. The summed E-state index contributed by atoms with van der Waals surface area (Å²) < 4.78 is 0. The summed E-state index contributed by atoms with van der Waals surface area (Å²) in [5.74, 6) is 0.750. The molecule has 0 heterocycles. The van der Waals surface area contributed by atoms with Gasteiger partial charge in [0.15, 0.2) is 0 Å². The zero-order valence-electron chi connectivity index (χ0n) is 7.82. The van der Waals surface area contributed by atoms with E-state index in [-0.39, 0.29) is 0 Å². The van der Waals surface area contributed by atoms with Crippen LogP contribution in [-0.2, 0) is 11.8 Å². The van der Waals surface area contributed by atoms with Crippen molar-refractivity contribution >= 4 is 27.5 Å². The first-order valence-corrected chi connectivity index (χ1v) is 6.14. The molecule has 0 N–H and O–H groups in total. The van der Waals surface area contributed by atoms with Gasteiger partial charge in [0.1, 0.15) is 0 Å². The Balaban J connectivity index is 2.73. The van der Waals surface area contributed by atoms with E-state index in [0.29, 0.717) is 0 Å². The normalized spacial score (nSPS) is 10.4. The van der Waals surface area contributed by atoms with Crippen molar-refractivity contribution in [3.05, 3.63) is 34.9 Å². The summed E-state index contributed by atoms with van der Waals surface area (Å²) in [6.45, 7) is 2.16. The summed E-state index contributed by atoms with van der Waals surface area (Å²) in [4.78, 5) is 0. The molecule has 13 heavy (non-hydrogen) atoms. The second kappa shape index (κ2) is 5.66. The molecule has 0 spiro atoms. The van der Waals surface area contributed by atoms with Crippen molar-refractivity contribution in [3.8, 4) is 0 Å². The number of rotatable bonds is 4. The number of halogens is 2. The Bertz CT molecular complexity index is 271. The summed E-state index contributed by atoms with van der Waals surface area (Å²) in [7, 11) is 0. The van der Waals surface area contributed by atoms with Gasteiger partial charge < -0.3 is 0 Å². The van der Waals surface area contributed by atoms with Gasteiger partial charge in [-0.25, -0.2) is 0 Å². The predicted octanol–water partition coefficient (Wildman–Crippen LogP) is 4.06. The fourth-order valence-electron chi connectivity index (χ4n) is 1.38. The number of alkyl halides is 2. The van der Waals surface area contributed by atoms with Crippen LogP contribution in [0, 0.1) is 6.92 Å². The Morgan fingerprint density at radius 2 is 2.15 bits per heavy atom. The number of aryl methyl sites for hydroxylation is 2. The highest BCUT2D eigenvalue weighted by molar-refractivity contribution is 9.08. The minimum Gasteiger partial charge on any atom is -0.127 e. The third-order valence-electron chi connectivity index (χ3n) is 2.14. The van der Waals surface area contributed by atoms with Crippen LogP contribution >= 0.6 is 27.5 Å². The van der Waals surface area contributed by atoms with E-state index in [9.17, 15) is 0 Å². The van der Waals surface area contributed by atoms with Crippen molar-refractivity contribution in [3.63, 3.8) is 0 Å². The quantitative estimate of drug-likeness (QED) is 0.717. The van der Waals surface area contributed by atoms with Gasteiger partial charge in [-0.2, -0.15) is 0 Å². The maximum Gasteiger partial charge on any atom is 0.0283 e. The summed E-state index contributed by atoms with van der Waals surface area (Å²) >= 11 is 9.10. The van der Waals surface area contributed by atoms with Gasteiger partial charge in [0.05, 0.1) is 0 Å². The summed E-state index contributed by atoms with van der Waals surface area (Å²) in [6, 6.07) is 6.61. The third-order valence-corrected chi connectivity index (χ3v) is 3.06. The van der Waals surface area contributed by atoms with E-state index in [4.69, 9.17) is 11.6 Å². The van der Waals surface area contributed by atoms with Crippen LogP contribution in [0.1, 0.15) is 23.1 Å². The molecule has 0 radical (unpaired) electrons. The molecule has 0 aromatic heterocycles. The first kappa shape index (κ1) is 11.1. The molecule has 0 aliphatic heterocycles. The van der Waals surface area contributed by atoms with Gasteiger partial charge in [-0.05, 0) is 36.5 Å². The number of benzene rings is 1. The van der Waals surface area contributed by atoms with Gasteiger partial charge in [-0.15, -0.1) is 11.6 Å². The van der Waals surface area contributed by atoms with Crippen LogP contribution in [-0.4, -0.2) is 5.88 Å². The maximum absolute atomic E-state index is 5.65. The summed E-state index contributed by atoms with van der Waals surface area (Å²) in [5, 5.41) is 0.934. The minimum atomic E-state index is 0.750. The first-order chi connectivity index (χ1) is 6.27. The van der Waals surface area contributed by atoms with E-state index in [1.807, 2.05) is 0 Å². The van der Waals surface area contributed by atoms with Crippen molar-refractivity contribution in [1.82, 2.24) is 0 Å². The molecule has 0 fully saturated rings. The molecular weight excluding hydrogens is 247 g/mol. The van der Waals surface area contributed by atoms with Gasteiger partial charge in [0, 0.05) is 11.2 Å². The molecule has 0 amide bonds. The lowest BCUT2D eigenvalue weighted by Gasteiger charge is -2.05. The van der Waals surface area contributed by atoms with Gasteiger partial charge >= 0.3 is 0 Å². The molecule has 2 heteroatoms. The smallest absolute Gasteiger partial charge is 0.0283 e. The predicted molar refractivity (Wildman–Crippen MR) is 62.9 cm³/mol. The van der Waals surface area contributed by atoms with Crippen molar-refractivity contribution < 1.29 is 0 Å². The summed E-state index contributed by atoms with van der Waals surface area (Å²) in [6.07, 6.45) is 2.16. The number of hydrogen-bond donors (Lipinski definition) is 0. The van der Waals surface area contributed by atoms with E-state index in [2.05, 4.69) is 41.1 Å². The Labute approximate surface area is 93.4 Å². The van der Waals surface area contributed by atoms with Crippen molar-refractivity contribution in [1.29, 1.82) is 0 Å². The van der Waals surface area contributed by atoms with Gasteiger partial charge in [-0.1, -0.05) is 34.1 Å². The fourth-order valence-corrected chi connectivity index (χ4v) is 1.86. The molecule has 0 nitrogen and oxygen atoms in total. The first-order valence-electron chi connectivity index (χ1n) is 4.48. The standard InChI is InChI=1S/C11H14BrCl/c1-9-7-10(8-12)4-5-11(9)3-2-6-13/h4-5,7H,2-3,6,8H2,1H3. The lowest BCUT2D eigenvalue weighted by molar-refractivity contribution is 0.918. The lowest BCUT2D eigenvalue weighted by atomic mass is 10.0. The fraction of sp³-hybridized carbons (Fsp3) is 0.455. The number of hydrogen-bond acceptors (Lipinski definition) is 0. The molecule has 0 saturated heterocycles. The van der Waals surface area contributed by atoms with Gasteiger partial charge in [0.2, 0.25) is 0 Å². The van der Waals surface area contributed by atoms with Crippen LogP contribution in [0.3, 0.4) is 0 Å². The molecule has 0 unspecified atom stereocenters. The van der Waals surface area contributed by atoms with E-state index in [1.54, 1.807) is 0 Å². The van der Waals surface area contributed by atoms with Crippen LogP contribution < -0.4 is 0 Å². The van der Waals surface area contributed by atoms with Crippen LogP contribution in [0.5, 0.6) is 0 Å². The van der Waals surface area contributed by atoms with Crippen LogP contribution in [0.25, 0.3) is 0 Å². The van der Waals surface area contributed by atoms with Crippen LogP contribution in [0.4, 0.5) is 0 Å². The van der Waals surface area contributed by atoms with E-state index in [0.717, 1.165) is 24.1 Å². The van der Waals surface area contributed by atoms with Crippen molar-refractivity contribution in [2.24, 2.45) is 0 Å². The van der Waals surface area contributed by atoms with Crippen LogP contribution in [0.2, 0.25) is 0 Å². The molecule has 0 atom stereocenters. The SMILES string of the molecule is Cc1cc(CBr)ccc1CCCCl. The molecule has 0 aliphatic rings. The third kappa shape index (κ3) is 3.32. The molecule has 0 aliphatic carbocycles. The topological polar surface area (TPSA) is 0 Å². The van der Waals surface area contributed by atoms with E-state index in [1.165, 1.54) is 16.7 Å². The molecule has 1 aromatic carbocycles. The molecule has 72 valence electrons.